The number of ketones is 1. The molecule has 2 aliphatic carbocycles. The number of hydrogen-bond acceptors (Lipinski definition) is 3. The topological polar surface area (TPSA) is 66.4 Å². The molecule has 1 aromatic carbocycles. The molecule has 0 amide bonds. The Morgan fingerprint density at radius 2 is 2.12 bits per heavy atom. The van der Waals surface area contributed by atoms with Crippen molar-refractivity contribution in [2.45, 2.75) is 56.9 Å². The van der Waals surface area contributed by atoms with E-state index >= 15 is 0 Å². The Kier molecular flexibility index (Phi) is 3.71. The molecule has 1 fully saturated rings. The lowest BCUT2D eigenvalue weighted by atomic mass is 9.65. The van der Waals surface area contributed by atoms with Gasteiger partial charge in [-0.1, -0.05) is 12.1 Å². The standard InChI is InChI=1S/C20H22FNO3/c1-11-14(3-2-4-15(11)21)20(19(24)25)8-7-16-13(10-20)18(23)9-17(22-16)12-5-6-12/h2-4,12,17,22H,5-10H2,1H3,(H,24,25). The number of carbonyl (C=O) groups excluding carboxylic acids is 1. The van der Waals surface area contributed by atoms with Gasteiger partial charge in [0, 0.05) is 23.7 Å². The minimum atomic E-state index is -1.23. The number of allylic oxidation sites excluding steroid dienone is 2. The van der Waals surface area contributed by atoms with Gasteiger partial charge in [0.05, 0.1) is 5.41 Å². The summed E-state index contributed by atoms with van der Waals surface area (Å²) in [7, 11) is 0. The molecule has 1 aliphatic heterocycles. The van der Waals surface area contributed by atoms with E-state index in [4.69, 9.17) is 0 Å². The van der Waals surface area contributed by atoms with Gasteiger partial charge in [0.1, 0.15) is 5.82 Å². The van der Waals surface area contributed by atoms with Crippen LogP contribution in [-0.2, 0) is 15.0 Å². The molecule has 2 N–H and O–H groups in total. The second kappa shape index (κ2) is 5.68. The highest BCUT2D eigenvalue weighted by atomic mass is 19.1. The highest BCUT2D eigenvalue weighted by molar-refractivity contribution is 5.99. The monoisotopic (exact) mass is 343 g/mol. The van der Waals surface area contributed by atoms with Crippen LogP contribution in [0.2, 0.25) is 0 Å². The van der Waals surface area contributed by atoms with Crippen LogP contribution in [0.15, 0.2) is 29.5 Å². The van der Waals surface area contributed by atoms with E-state index in [0.29, 0.717) is 41.9 Å². The Labute approximate surface area is 146 Å². The molecular weight excluding hydrogens is 321 g/mol. The molecule has 4 rings (SSSR count). The van der Waals surface area contributed by atoms with Gasteiger partial charge >= 0.3 is 5.97 Å². The van der Waals surface area contributed by atoms with Gasteiger partial charge in [0.15, 0.2) is 5.78 Å². The number of carboxylic acid groups (broad SMARTS) is 1. The van der Waals surface area contributed by atoms with Crippen LogP contribution in [0.4, 0.5) is 4.39 Å². The predicted molar refractivity (Wildman–Crippen MR) is 90.6 cm³/mol. The molecule has 1 heterocycles. The number of rotatable bonds is 3. The molecule has 3 aliphatic rings. The first-order valence-electron chi connectivity index (χ1n) is 8.93. The third-order valence-corrected chi connectivity index (χ3v) is 6.13. The zero-order valence-electron chi connectivity index (χ0n) is 14.3. The number of halogens is 1. The SMILES string of the molecule is Cc1c(F)cccc1C1(C(=O)O)CCC2=C(C1)C(=O)CC(C1CC1)N2. The maximum absolute atomic E-state index is 14.0. The Hall–Kier alpha value is -2.17. The van der Waals surface area contributed by atoms with E-state index in [1.54, 1.807) is 19.1 Å². The average molecular weight is 343 g/mol. The van der Waals surface area contributed by atoms with Gasteiger partial charge in [-0.25, -0.2) is 4.39 Å². The first kappa shape index (κ1) is 16.3. The highest BCUT2D eigenvalue weighted by Crippen LogP contribution is 2.46. The fourth-order valence-corrected chi connectivity index (χ4v) is 4.45. The lowest BCUT2D eigenvalue weighted by Gasteiger charge is -2.40. The number of nitrogens with one attached hydrogen (secondary N) is 1. The number of carbonyl (C=O) groups is 2. The normalized spacial score (nSPS) is 29.2. The van der Waals surface area contributed by atoms with Crippen molar-refractivity contribution in [3.05, 3.63) is 46.4 Å². The zero-order valence-corrected chi connectivity index (χ0v) is 14.3. The average Bonchev–Trinajstić information content (AvgIpc) is 3.42. The summed E-state index contributed by atoms with van der Waals surface area (Å²) in [5.74, 6) is -0.746. The van der Waals surface area contributed by atoms with Crippen LogP contribution in [0.3, 0.4) is 0 Å². The summed E-state index contributed by atoms with van der Waals surface area (Å²) in [5, 5.41) is 13.5. The van der Waals surface area contributed by atoms with Crippen molar-refractivity contribution < 1.29 is 19.1 Å². The third-order valence-electron chi connectivity index (χ3n) is 6.13. The van der Waals surface area contributed by atoms with Gasteiger partial charge in [0.2, 0.25) is 0 Å². The summed E-state index contributed by atoms with van der Waals surface area (Å²) in [5.41, 5.74) is 1.15. The smallest absolute Gasteiger partial charge is 0.314 e. The molecule has 25 heavy (non-hydrogen) atoms. The van der Waals surface area contributed by atoms with E-state index in [1.165, 1.54) is 6.07 Å². The van der Waals surface area contributed by atoms with Crippen LogP contribution in [-0.4, -0.2) is 22.9 Å². The Balaban J connectivity index is 1.74. The first-order chi connectivity index (χ1) is 11.9. The van der Waals surface area contributed by atoms with Crippen LogP contribution < -0.4 is 5.32 Å². The van der Waals surface area contributed by atoms with E-state index in [9.17, 15) is 19.1 Å². The minimum absolute atomic E-state index is 0.0602. The molecule has 1 aromatic rings. The molecule has 0 saturated heterocycles. The summed E-state index contributed by atoms with van der Waals surface area (Å²) < 4.78 is 14.0. The minimum Gasteiger partial charge on any atom is -0.481 e. The predicted octanol–water partition coefficient (Wildman–Crippen LogP) is 3.24. The number of Topliss-reactive ketones (excluding diaryl/α,β-unsaturated/α-hetero) is 1. The molecule has 0 spiro atoms. The summed E-state index contributed by atoms with van der Waals surface area (Å²) >= 11 is 0. The second-order valence-corrected chi connectivity index (χ2v) is 7.65. The van der Waals surface area contributed by atoms with Crippen molar-refractivity contribution in [1.82, 2.24) is 5.32 Å². The van der Waals surface area contributed by atoms with Crippen LogP contribution in [0.1, 0.15) is 49.7 Å². The van der Waals surface area contributed by atoms with Gasteiger partial charge in [-0.2, -0.15) is 0 Å². The quantitative estimate of drug-likeness (QED) is 0.884. The molecular formula is C20H22FNO3. The Bertz CT molecular complexity index is 796. The third kappa shape index (κ3) is 2.57. The van der Waals surface area contributed by atoms with Gasteiger partial charge in [-0.15, -0.1) is 0 Å². The van der Waals surface area contributed by atoms with E-state index in [-0.39, 0.29) is 18.2 Å². The van der Waals surface area contributed by atoms with Crippen molar-refractivity contribution in [3.63, 3.8) is 0 Å². The molecule has 2 atom stereocenters. The van der Waals surface area contributed by atoms with Crippen LogP contribution in [0, 0.1) is 18.7 Å². The molecule has 0 bridgehead atoms. The maximum atomic E-state index is 14.0. The largest absolute Gasteiger partial charge is 0.481 e. The maximum Gasteiger partial charge on any atom is 0.314 e. The van der Waals surface area contributed by atoms with E-state index < -0.39 is 17.2 Å². The van der Waals surface area contributed by atoms with Crippen molar-refractivity contribution in [2.75, 3.05) is 0 Å². The van der Waals surface area contributed by atoms with Crippen LogP contribution >= 0.6 is 0 Å². The van der Waals surface area contributed by atoms with Gasteiger partial charge in [0.25, 0.3) is 0 Å². The fraction of sp³-hybridized carbons (Fsp3) is 0.500. The Morgan fingerprint density at radius 1 is 1.36 bits per heavy atom. The van der Waals surface area contributed by atoms with Crippen LogP contribution in [0.25, 0.3) is 0 Å². The zero-order chi connectivity index (χ0) is 17.8. The number of benzene rings is 1. The second-order valence-electron chi connectivity index (χ2n) is 7.65. The van der Waals surface area contributed by atoms with Crippen LogP contribution in [0.5, 0.6) is 0 Å². The molecule has 1 saturated carbocycles. The fourth-order valence-electron chi connectivity index (χ4n) is 4.45. The highest BCUT2D eigenvalue weighted by Gasteiger charge is 2.48. The number of carboxylic acids is 1. The van der Waals surface area contributed by atoms with Gasteiger partial charge in [-0.05, 0) is 62.1 Å². The number of aliphatic carboxylic acids is 1. The lowest BCUT2D eigenvalue weighted by Crippen LogP contribution is -2.46. The summed E-state index contributed by atoms with van der Waals surface area (Å²) in [6, 6.07) is 4.79. The molecule has 0 aromatic heterocycles. The number of hydrogen-bond donors (Lipinski definition) is 2. The van der Waals surface area contributed by atoms with E-state index in [1.807, 2.05) is 0 Å². The Morgan fingerprint density at radius 3 is 2.80 bits per heavy atom. The van der Waals surface area contributed by atoms with E-state index in [2.05, 4.69) is 5.32 Å². The van der Waals surface area contributed by atoms with Crippen molar-refractivity contribution >= 4 is 11.8 Å². The molecule has 4 nitrogen and oxygen atoms in total. The summed E-state index contributed by atoms with van der Waals surface area (Å²) in [6.45, 7) is 1.61. The summed E-state index contributed by atoms with van der Waals surface area (Å²) in [6.07, 6.45) is 3.81. The van der Waals surface area contributed by atoms with Crippen molar-refractivity contribution in [1.29, 1.82) is 0 Å². The van der Waals surface area contributed by atoms with Gasteiger partial charge in [-0.3, -0.25) is 9.59 Å². The van der Waals surface area contributed by atoms with Crippen molar-refractivity contribution in [3.8, 4) is 0 Å². The van der Waals surface area contributed by atoms with E-state index in [0.717, 1.165) is 18.5 Å². The molecule has 132 valence electrons. The molecule has 2 unspecified atom stereocenters. The molecule has 0 radical (unpaired) electrons. The van der Waals surface area contributed by atoms with Gasteiger partial charge < -0.3 is 10.4 Å². The lowest BCUT2D eigenvalue weighted by molar-refractivity contribution is -0.144. The summed E-state index contributed by atoms with van der Waals surface area (Å²) in [4.78, 5) is 24.9. The first-order valence-corrected chi connectivity index (χ1v) is 8.93. The van der Waals surface area contributed by atoms with Crippen molar-refractivity contribution in [2.24, 2.45) is 5.92 Å². The molecule has 5 heteroatoms.